The van der Waals surface area contributed by atoms with Gasteiger partial charge in [-0.2, -0.15) is 0 Å². The van der Waals surface area contributed by atoms with Crippen LogP contribution >= 0.6 is 23.2 Å². The molecule has 2 aromatic carbocycles. The molecule has 0 bridgehead atoms. The Kier molecular flexibility index (Phi) is 6.31. The minimum absolute atomic E-state index is 0.0420. The molecule has 0 saturated carbocycles. The molecule has 0 saturated heterocycles. The molecule has 24 heavy (non-hydrogen) atoms. The summed E-state index contributed by atoms with van der Waals surface area (Å²) in [5.74, 6) is 0.264. The molecule has 1 amide bonds. The number of carbonyl (C=O) groups is 1. The van der Waals surface area contributed by atoms with Gasteiger partial charge in [0.2, 0.25) is 0 Å². The first kappa shape index (κ1) is 18.8. The lowest BCUT2D eigenvalue weighted by Crippen LogP contribution is -2.31. The molecule has 1 unspecified atom stereocenters. The molecule has 2 aromatic rings. The number of hydrogen-bond donors (Lipinski definition) is 0. The monoisotopic (exact) mass is 363 g/mol. The molecular weight excluding hydrogens is 341 g/mol. The Labute approximate surface area is 154 Å². The Bertz CT molecular complexity index is 722. The van der Waals surface area contributed by atoms with E-state index in [1.807, 2.05) is 51.2 Å². The third-order valence-electron chi connectivity index (χ3n) is 4.22. The maximum Gasteiger partial charge on any atom is 0.253 e. The predicted octanol–water partition coefficient (Wildman–Crippen LogP) is 5.88. The highest BCUT2D eigenvalue weighted by molar-refractivity contribution is 6.42. The van der Waals surface area contributed by atoms with Crippen molar-refractivity contribution in [2.75, 3.05) is 13.6 Å². The van der Waals surface area contributed by atoms with E-state index in [9.17, 15) is 4.79 Å². The van der Waals surface area contributed by atoms with Crippen LogP contribution in [0.15, 0.2) is 36.4 Å². The van der Waals surface area contributed by atoms with Gasteiger partial charge in [0.05, 0.1) is 10.0 Å². The second kappa shape index (κ2) is 8.04. The summed E-state index contributed by atoms with van der Waals surface area (Å²) in [7, 11) is 1.85. The quantitative estimate of drug-likeness (QED) is 0.649. The standard InChI is InChI=1S/C20H23Cl2NO/c1-5-15(16-6-7-18(21)19(22)11-16)12-23(4)20(24)17-9-13(2)8-14(3)10-17/h6-11,15H,5,12H2,1-4H3. The Morgan fingerprint density at radius 3 is 2.21 bits per heavy atom. The smallest absolute Gasteiger partial charge is 0.253 e. The summed E-state index contributed by atoms with van der Waals surface area (Å²) >= 11 is 12.1. The van der Waals surface area contributed by atoms with Crippen LogP contribution in [0, 0.1) is 13.8 Å². The first-order valence-corrected chi connectivity index (χ1v) is 8.86. The van der Waals surface area contributed by atoms with E-state index < -0.39 is 0 Å². The van der Waals surface area contributed by atoms with Crippen LogP contribution in [-0.4, -0.2) is 24.4 Å². The van der Waals surface area contributed by atoms with Gasteiger partial charge < -0.3 is 4.90 Å². The predicted molar refractivity (Wildman–Crippen MR) is 102 cm³/mol. The number of hydrogen-bond acceptors (Lipinski definition) is 1. The van der Waals surface area contributed by atoms with Crippen LogP contribution in [0.4, 0.5) is 0 Å². The molecule has 2 nitrogen and oxygen atoms in total. The molecule has 128 valence electrons. The molecule has 0 fully saturated rings. The lowest BCUT2D eigenvalue weighted by molar-refractivity contribution is 0.0785. The molecule has 0 N–H and O–H groups in total. The first-order chi connectivity index (χ1) is 11.3. The van der Waals surface area contributed by atoms with Crippen LogP contribution in [0.2, 0.25) is 10.0 Å². The van der Waals surface area contributed by atoms with Crippen LogP contribution in [0.5, 0.6) is 0 Å². The highest BCUT2D eigenvalue weighted by atomic mass is 35.5. The summed E-state index contributed by atoms with van der Waals surface area (Å²) in [4.78, 5) is 14.5. The Morgan fingerprint density at radius 1 is 1.04 bits per heavy atom. The fourth-order valence-corrected chi connectivity index (χ4v) is 3.28. The van der Waals surface area contributed by atoms with Crippen molar-refractivity contribution in [3.63, 3.8) is 0 Å². The van der Waals surface area contributed by atoms with Crippen molar-refractivity contribution in [3.05, 3.63) is 68.7 Å². The van der Waals surface area contributed by atoms with Gasteiger partial charge in [0.25, 0.3) is 5.91 Å². The lowest BCUT2D eigenvalue weighted by atomic mass is 9.95. The number of nitrogens with zero attached hydrogens (tertiary/aromatic N) is 1. The van der Waals surface area contributed by atoms with Gasteiger partial charge in [-0.05, 0) is 50.1 Å². The second-order valence-electron chi connectivity index (χ2n) is 6.34. The van der Waals surface area contributed by atoms with Crippen LogP contribution < -0.4 is 0 Å². The fraction of sp³-hybridized carbons (Fsp3) is 0.350. The lowest BCUT2D eigenvalue weighted by Gasteiger charge is -2.24. The number of carbonyl (C=O) groups excluding carboxylic acids is 1. The van der Waals surface area contributed by atoms with Gasteiger partial charge in [-0.3, -0.25) is 4.79 Å². The molecule has 0 aromatic heterocycles. The Balaban J connectivity index is 2.17. The highest BCUT2D eigenvalue weighted by Gasteiger charge is 2.18. The average molecular weight is 364 g/mol. The van der Waals surface area contributed by atoms with E-state index in [0.29, 0.717) is 16.6 Å². The van der Waals surface area contributed by atoms with Gasteiger partial charge in [-0.15, -0.1) is 0 Å². The van der Waals surface area contributed by atoms with Gasteiger partial charge >= 0.3 is 0 Å². The summed E-state index contributed by atoms with van der Waals surface area (Å²) in [5, 5.41) is 1.10. The zero-order valence-electron chi connectivity index (χ0n) is 14.6. The maximum absolute atomic E-state index is 12.7. The number of benzene rings is 2. The van der Waals surface area contributed by atoms with E-state index in [1.54, 1.807) is 4.90 Å². The third-order valence-corrected chi connectivity index (χ3v) is 4.96. The third kappa shape index (κ3) is 4.52. The van der Waals surface area contributed by atoms with Crippen LogP contribution in [0.25, 0.3) is 0 Å². The van der Waals surface area contributed by atoms with E-state index in [2.05, 4.69) is 13.0 Å². The summed E-state index contributed by atoms with van der Waals surface area (Å²) in [6.45, 7) is 6.77. The van der Waals surface area contributed by atoms with E-state index in [4.69, 9.17) is 23.2 Å². The first-order valence-electron chi connectivity index (χ1n) is 8.10. The number of amides is 1. The van der Waals surface area contributed by atoms with Gasteiger partial charge in [-0.1, -0.05) is 53.4 Å². The van der Waals surface area contributed by atoms with E-state index in [-0.39, 0.29) is 11.8 Å². The molecule has 1 atom stereocenters. The Hall–Kier alpha value is -1.51. The number of likely N-dealkylation sites (N-methyl/N-ethyl adjacent to an activating group) is 1. The molecule has 0 spiro atoms. The molecule has 0 aliphatic carbocycles. The van der Waals surface area contributed by atoms with Crippen molar-refractivity contribution >= 4 is 29.1 Å². The van der Waals surface area contributed by atoms with Crippen LogP contribution in [-0.2, 0) is 0 Å². The fourth-order valence-electron chi connectivity index (χ4n) is 2.97. The average Bonchev–Trinajstić information content (AvgIpc) is 2.53. The SMILES string of the molecule is CCC(CN(C)C(=O)c1cc(C)cc(C)c1)c1ccc(Cl)c(Cl)c1. The molecule has 0 heterocycles. The van der Waals surface area contributed by atoms with Crippen molar-refractivity contribution < 1.29 is 4.79 Å². The summed E-state index contributed by atoms with van der Waals surface area (Å²) in [6.07, 6.45) is 0.919. The molecule has 0 aliphatic heterocycles. The van der Waals surface area contributed by atoms with Crippen LogP contribution in [0.1, 0.15) is 46.3 Å². The van der Waals surface area contributed by atoms with E-state index >= 15 is 0 Å². The minimum atomic E-state index is 0.0420. The number of halogens is 2. The molecule has 4 heteroatoms. The van der Waals surface area contributed by atoms with Gasteiger partial charge in [0.15, 0.2) is 0 Å². The Morgan fingerprint density at radius 2 is 1.67 bits per heavy atom. The van der Waals surface area contributed by atoms with E-state index in [0.717, 1.165) is 28.7 Å². The van der Waals surface area contributed by atoms with Gasteiger partial charge in [-0.25, -0.2) is 0 Å². The molecule has 2 rings (SSSR count). The molecular formula is C20H23Cl2NO. The second-order valence-corrected chi connectivity index (χ2v) is 7.16. The largest absolute Gasteiger partial charge is 0.341 e. The molecule has 0 aliphatic rings. The topological polar surface area (TPSA) is 20.3 Å². The van der Waals surface area contributed by atoms with Crippen molar-refractivity contribution in [3.8, 4) is 0 Å². The van der Waals surface area contributed by atoms with Gasteiger partial charge in [0.1, 0.15) is 0 Å². The van der Waals surface area contributed by atoms with Crippen molar-refractivity contribution in [2.24, 2.45) is 0 Å². The van der Waals surface area contributed by atoms with Crippen molar-refractivity contribution in [1.82, 2.24) is 4.90 Å². The maximum atomic E-state index is 12.7. The van der Waals surface area contributed by atoms with Crippen molar-refractivity contribution in [2.45, 2.75) is 33.1 Å². The minimum Gasteiger partial charge on any atom is -0.341 e. The normalized spacial score (nSPS) is 12.1. The highest BCUT2D eigenvalue weighted by Crippen LogP contribution is 2.28. The number of aryl methyl sites for hydroxylation is 2. The van der Waals surface area contributed by atoms with E-state index in [1.165, 1.54) is 0 Å². The van der Waals surface area contributed by atoms with Gasteiger partial charge in [0, 0.05) is 25.1 Å². The summed E-state index contributed by atoms with van der Waals surface area (Å²) in [5.41, 5.74) is 4.04. The zero-order valence-corrected chi connectivity index (χ0v) is 16.1. The van der Waals surface area contributed by atoms with Crippen molar-refractivity contribution in [1.29, 1.82) is 0 Å². The zero-order chi connectivity index (χ0) is 17.9. The number of rotatable bonds is 5. The molecule has 0 radical (unpaired) electrons. The van der Waals surface area contributed by atoms with Crippen LogP contribution in [0.3, 0.4) is 0 Å². The summed E-state index contributed by atoms with van der Waals surface area (Å²) < 4.78 is 0. The summed E-state index contributed by atoms with van der Waals surface area (Å²) in [6, 6.07) is 11.6.